The fraction of sp³-hybridized carbons (Fsp3) is 0.846. The van der Waals surface area contributed by atoms with Crippen molar-refractivity contribution in [1.82, 2.24) is 10.6 Å². The van der Waals surface area contributed by atoms with E-state index in [1.807, 2.05) is 27.7 Å². The minimum absolute atomic E-state index is 0.0314. The van der Waals surface area contributed by atoms with Crippen LogP contribution >= 0.6 is 0 Å². The van der Waals surface area contributed by atoms with E-state index in [0.717, 1.165) is 12.8 Å². The molecule has 0 aliphatic heterocycles. The van der Waals surface area contributed by atoms with Crippen LogP contribution in [0.1, 0.15) is 40.5 Å². The smallest absolute Gasteiger partial charge is 0.326 e. The number of hydrogen-bond donors (Lipinski definition) is 3. The third-order valence-electron chi connectivity index (χ3n) is 3.34. The first-order chi connectivity index (χ1) is 8.38. The molecule has 0 saturated carbocycles. The predicted octanol–water partition coefficient (Wildman–Crippen LogP) is 1.24. The molecule has 0 radical (unpaired) electrons. The summed E-state index contributed by atoms with van der Waals surface area (Å²) in [6.45, 7) is 7.73. The number of carbonyl (C=O) groups excluding carboxylic acids is 1. The second-order valence-electron chi connectivity index (χ2n) is 4.91. The number of aliphatic carboxylic acids is 1. The molecule has 2 atom stereocenters. The number of hydrogen-bond acceptors (Lipinski definition) is 3. The summed E-state index contributed by atoms with van der Waals surface area (Å²) in [5.41, 5.74) is 0. The Morgan fingerprint density at radius 3 is 1.89 bits per heavy atom. The Morgan fingerprint density at radius 2 is 1.61 bits per heavy atom. The van der Waals surface area contributed by atoms with E-state index in [-0.39, 0.29) is 23.8 Å². The van der Waals surface area contributed by atoms with E-state index in [0.29, 0.717) is 0 Å². The van der Waals surface area contributed by atoms with E-state index in [1.165, 1.54) is 0 Å². The summed E-state index contributed by atoms with van der Waals surface area (Å²) in [6, 6.07) is -1.16. The van der Waals surface area contributed by atoms with Gasteiger partial charge in [-0.1, -0.05) is 40.5 Å². The Kier molecular flexibility index (Phi) is 7.59. The lowest BCUT2D eigenvalue weighted by Crippen LogP contribution is -2.53. The van der Waals surface area contributed by atoms with Crippen LogP contribution in [-0.2, 0) is 9.59 Å². The Morgan fingerprint density at radius 1 is 1.11 bits per heavy atom. The van der Waals surface area contributed by atoms with Crippen molar-refractivity contribution in [1.29, 1.82) is 0 Å². The van der Waals surface area contributed by atoms with Crippen LogP contribution in [0, 0.1) is 11.8 Å². The molecular weight excluding hydrogens is 232 g/mol. The van der Waals surface area contributed by atoms with Crippen molar-refractivity contribution < 1.29 is 14.7 Å². The van der Waals surface area contributed by atoms with Crippen LogP contribution in [0.25, 0.3) is 0 Å². The van der Waals surface area contributed by atoms with Crippen LogP contribution < -0.4 is 10.6 Å². The lowest BCUT2D eigenvalue weighted by atomic mass is 9.93. The lowest BCUT2D eigenvalue weighted by Gasteiger charge is -2.26. The second-order valence-corrected chi connectivity index (χ2v) is 4.91. The van der Waals surface area contributed by atoms with Gasteiger partial charge in [-0.05, 0) is 18.9 Å². The number of rotatable bonds is 8. The number of likely N-dealkylation sites (N-methyl/N-ethyl adjacent to an activating group) is 1. The van der Waals surface area contributed by atoms with Gasteiger partial charge in [0.1, 0.15) is 6.04 Å². The predicted molar refractivity (Wildman–Crippen MR) is 71.3 cm³/mol. The van der Waals surface area contributed by atoms with E-state index in [4.69, 9.17) is 0 Å². The summed E-state index contributed by atoms with van der Waals surface area (Å²) in [5.74, 6) is -1.12. The fourth-order valence-corrected chi connectivity index (χ4v) is 2.15. The molecule has 0 fully saturated rings. The summed E-state index contributed by atoms with van der Waals surface area (Å²) in [7, 11) is 1.71. The molecular formula is C13H26N2O3. The summed E-state index contributed by atoms with van der Waals surface area (Å²) in [4.78, 5) is 23.3. The normalized spacial score (nSPS) is 14.6. The van der Waals surface area contributed by atoms with Crippen molar-refractivity contribution in [2.75, 3.05) is 7.05 Å². The fourth-order valence-electron chi connectivity index (χ4n) is 2.15. The molecule has 1 amide bonds. The molecule has 5 heteroatoms. The molecule has 0 saturated heterocycles. The van der Waals surface area contributed by atoms with E-state index in [1.54, 1.807) is 7.05 Å². The number of nitrogens with one attached hydrogen (secondary N) is 2. The molecule has 3 N–H and O–H groups in total. The van der Waals surface area contributed by atoms with Gasteiger partial charge in [0.15, 0.2) is 0 Å². The summed E-state index contributed by atoms with van der Waals surface area (Å²) >= 11 is 0. The highest BCUT2D eigenvalue weighted by Crippen LogP contribution is 2.14. The highest BCUT2D eigenvalue weighted by atomic mass is 16.4. The first kappa shape index (κ1) is 16.9. The molecule has 0 aromatic heterocycles. The molecule has 0 aliphatic carbocycles. The number of carbonyl (C=O) groups is 2. The molecule has 106 valence electrons. The van der Waals surface area contributed by atoms with Gasteiger partial charge < -0.3 is 15.7 Å². The zero-order valence-corrected chi connectivity index (χ0v) is 12.0. The molecule has 18 heavy (non-hydrogen) atoms. The Balaban J connectivity index is 4.78. The second kappa shape index (κ2) is 8.08. The van der Waals surface area contributed by atoms with Gasteiger partial charge in [-0.2, -0.15) is 0 Å². The van der Waals surface area contributed by atoms with Gasteiger partial charge in [-0.3, -0.25) is 4.79 Å². The van der Waals surface area contributed by atoms with Gasteiger partial charge in [-0.25, -0.2) is 4.79 Å². The Labute approximate surface area is 109 Å². The zero-order valence-electron chi connectivity index (χ0n) is 12.0. The van der Waals surface area contributed by atoms with Crippen molar-refractivity contribution in [3.63, 3.8) is 0 Å². The Bertz CT molecular complexity index is 275. The minimum atomic E-state index is -0.962. The molecule has 5 nitrogen and oxygen atoms in total. The standard InChI is InChI=1S/C13H26N2O3/c1-6-9(7-2)11(13(17)18)15-12(16)10(14-5)8(3)4/h8-11,14H,6-7H2,1-5H3,(H,15,16)(H,17,18)/t10?,11-/m1/s1. The topological polar surface area (TPSA) is 78.4 Å². The van der Waals surface area contributed by atoms with Gasteiger partial charge in [0, 0.05) is 0 Å². The van der Waals surface area contributed by atoms with Crippen molar-refractivity contribution in [3.05, 3.63) is 0 Å². The van der Waals surface area contributed by atoms with Crippen LogP contribution in [0.15, 0.2) is 0 Å². The van der Waals surface area contributed by atoms with Crippen LogP contribution in [-0.4, -0.2) is 36.1 Å². The molecule has 1 unspecified atom stereocenters. The zero-order chi connectivity index (χ0) is 14.3. The third-order valence-corrected chi connectivity index (χ3v) is 3.34. The molecule has 0 spiro atoms. The maximum Gasteiger partial charge on any atom is 0.326 e. The van der Waals surface area contributed by atoms with Gasteiger partial charge in [0.2, 0.25) is 5.91 Å². The molecule has 0 rings (SSSR count). The van der Waals surface area contributed by atoms with Gasteiger partial charge in [0.05, 0.1) is 6.04 Å². The first-order valence-corrected chi connectivity index (χ1v) is 6.59. The van der Waals surface area contributed by atoms with Crippen molar-refractivity contribution in [2.45, 2.75) is 52.6 Å². The van der Waals surface area contributed by atoms with Gasteiger partial charge in [-0.15, -0.1) is 0 Å². The number of carboxylic acid groups (broad SMARTS) is 1. The lowest BCUT2D eigenvalue weighted by molar-refractivity contribution is -0.144. The highest BCUT2D eigenvalue weighted by molar-refractivity contribution is 5.87. The quantitative estimate of drug-likeness (QED) is 0.612. The molecule has 0 aromatic rings. The summed E-state index contributed by atoms with van der Waals surface area (Å²) < 4.78 is 0. The maximum absolute atomic E-state index is 12.0. The maximum atomic E-state index is 12.0. The molecule has 0 aliphatic rings. The first-order valence-electron chi connectivity index (χ1n) is 6.59. The largest absolute Gasteiger partial charge is 0.480 e. The van der Waals surface area contributed by atoms with Crippen molar-refractivity contribution in [3.8, 4) is 0 Å². The van der Waals surface area contributed by atoms with Crippen LogP contribution in [0.5, 0.6) is 0 Å². The van der Waals surface area contributed by atoms with Crippen molar-refractivity contribution >= 4 is 11.9 Å². The summed E-state index contributed by atoms with van der Waals surface area (Å²) in [6.07, 6.45) is 1.47. The average Bonchev–Trinajstić information content (AvgIpc) is 2.29. The number of carboxylic acids is 1. The SMILES string of the molecule is CCC(CC)[C@@H](NC(=O)C(NC)C(C)C)C(=O)O. The van der Waals surface area contributed by atoms with Gasteiger partial charge >= 0.3 is 5.97 Å². The number of amides is 1. The summed E-state index contributed by atoms with van der Waals surface area (Å²) in [5, 5.41) is 14.8. The van der Waals surface area contributed by atoms with E-state index < -0.39 is 12.0 Å². The van der Waals surface area contributed by atoms with E-state index >= 15 is 0 Å². The van der Waals surface area contributed by atoms with E-state index in [9.17, 15) is 14.7 Å². The Hall–Kier alpha value is -1.10. The molecule has 0 bridgehead atoms. The third kappa shape index (κ3) is 4.64. The molecule has 0 heterocycles. The minimum Gasteiger partial charge on any atom is -0.480 e. The van der Waals surface area contributed by atoms with Crippen molar-refractivity contribution in [2.24, 2.45) is 11.8 Å². The van der Waals surface area contributed by atoms with Crippen LogP contribution in [0.4, 0.5) is 0 Å². The molecule has 0 aromatic carbocycles. The van der Waals surface area contributed by atoms with Gasteiger partial charge in [0.25, 0.3) is 0 Å². The average molecular weight is 258 g/mol. The van der Waals surface area contributed by atoms with E-state index in [2.05, 4.69) is 10.6 Å². The van der Waals surface area contributed by atoms with Crippen LogP contribution in [0.3, 0.4) is 0 Å². The van der Waals surface area contributed by atoms with Crippen LogP contribution in [0.2, 0.25) is 0 Å². The monoisotopic (exact) mass is 258 g/mol. The highest BCUT2D eigenvalue weighted by Gasteiger charge is 2.30.